The van der Waals surface area contributed by atoms with Crippen molar-refractivity contribution in [3.63, 3.8) is 0 Å². The number of rotatable bonds is 18. The van der Waals surface area contributed by atoms with E-state index in [0.717, 1.165) is 16.5 Å². The first kappa shape index (κ1) is 34.4. The lowest BCUT2D eigenvalue weighted by Gasteiger charge is -2.28. The van der Waals surface area contributed by atoms with Crippen molar-refractivity contribution in [2.45, 2.75) is 70.1 Å². The highest BCUT2D eigenvalue weighted by Gasteiger charge is 2.33. The maximum atomic E-state index is 13.7. The van der Waals surface area contributed by atoms with Crippen LogP contribution in [-0.2, 0) is 25.6 Å². The fourth-order valence-corrected chi connectivity index (χ4v) is 4.85. The Morgan fingerprint density at radius 1 is 1.02 bits per heavy atom. The topological polar surface area (TPSA) is 231 Å². The normalized spacial score (nSPS) is 14.7. The summed E-state index contributed by atoms with van der Waals surface area (Å²) in [5, 5.41) is 18.7. The summed E-state index contributed by atoms with van der Waals surface area (Å²) in [5.74, 6) is -2.66. The van der Waals surface area contributed by atoms with Crippen LogP contribution in [0.4, 0.5) is 0 Å². The van der Waals surface area contributed by atoms with Gasteiger partial charge in [-0.3, -0.25) is 19.4 Å². The maximum absolute atomic E-state index is 13.7. The van der Waals surface area contributed by atoms with Crippen LogP contribution >= 0.6 is 11.8 Å². The number of aromatic amines is 1. The van der Waals surface area contributed by atoms with Crippen LogP contribution < -0.4 is 33.2 Å². The highest BCUT2D eigenvalue weighted by Crippen LogP contribution is 2.20. The smallest absolute Gasteiger partial charge is 0.326 e. The van der Waals surface area contributed by atoms with Crippen molar-refractivity contribution in [2.75, 3.05) is 18.6 Å². The zero-order valence-corrected chi connectivity index (χ0v) is 25.2. The maximum Gasteiger partial charge on any atom is 0.326 e. The molecule has 5 atom stereocenters. The van der Waals surface area contributed by atoms with E-state index in [1.807, 2.05) is 37.4 Å². The van der Waals surface area contributed by atoms with E-state index in [4.69, 9.17) is 17.2 Å². The number of nitrogens with two attached hydrogens (primary N) is 3. The first-order valence-corrected chi connectivity index (χ1v) is 15.4. The Morgan fingerprint density at radius 2 is 1.71 bits per heavy atom. The van der Waals surface area contributed by atoms with Crippen LogP contribution in [0.25, 0.3) is 10.9 Å². The lowest BCUT2D eigenvalue weighted by atomic mass is 9.96. The number of H-pyrrole nitrogens is 1. The number of aliphatic imine (C=N–C) groups is 1. The number of carboxylic acid groups (broad SMARTS) is 1. The van der Waals surface area contributed by atoms with Crippen molar-refractivity contribution >= 4 is 52.3 Å². The number of fused-ring (bicyclic) bond motifs is 1. The predicted octanol–water partition coefficient (Wildman–Crippen LogP) is 0.430. The second-order valence-electron chi connectivity index (χ2n) is 10.2. The summed E-state index contributed by atoms with van der Waals surface area (Å²) in [6, 6.07) is 3.50. The Bertz CT molecular complexity index is 1230. The number of thioether (sulfide) groups is 1. The zero-order valence-electron chi connectivity index (χ0n) is 24.4. The number of carbonyl (C=O) groups excluding carboxylic acids is 3. The van der Waals surface area contributed by atoms with Gasteiger partial charge in [-0.25, -0.2) is 4.79 Å². The zero-order chi connectivity index (χ0) is 31.2. The van der Waals surface area contributed by atoms with E-state index in [-0.39, 0.29) is 31.3 Å². The molecule has 5 unspecified atom stereocenters. The van der Waals surface area contributed by atoms with Crippen LogP contribution in [0.1, 0.15) is 45.1 Å². The third-order valence-corrected chi connectivity index (χ3v) is 7.70. The number of para-hydroxylation sites is 1. The average Bonchev–Trinajstić information content (AvgIpc) is 3.37. The quantitative estimate of drug-likeness (QED) is 0.0669. The standard InChI is InChI=1S/C28H44N8O5S/c1-4-16(2)23(26(39)34-21(27(40)41)10-7-12-32-28(30)31)36-25(38)22(35-24(37)19(29)11-13-42-3)14-17-15-33-20-9-6-5-8-18(17)20/h5-6,8-9,15-16,19,21-23,33H,4,7,10-14,29H2,1-3H3,(H,34,39)(H,35,37)(H,36,38)(H,40,41)(H4,30,31,32). The lowest BCUT2D eigenvalue weighted by Crippen LogP contribution is -2.59. The molecule has 0 aliphatic rings. The van der Waals surface area contributed by atoms with E-state index in [1.54, 1.807) is 24.9 Å². The number of aliphatic carboxylic acids is 1. The first-order valence-electron chi connectivity index (χ1n) is 14.0. The van der Waals surface area contributed by atoms with Crippen LogP contribution in [0.2, 0.25) is 0 Å². The molecule has 2 aromatic rings. The molecule has 2 rings (SSSR count). The Balaban J connectivity index is 2.26. The third kappa shape index (κ3) is 10.6. The second-order valence-corrected chi connectivity index (χ2v) is 11.2. The molecule has 0 aliphatic heterocycles. The molecule has 0 spiro atoms. The van der Waals surface area contributed by atoms with E-state index >= 15 is 0 Å². The summed E-state index contributed by atoms with van der Waals surface area (Å²) < 4.78 is 0. The van der Waals surface area contributed by atoms with Crippen LogP contribution in [0.15, 0.2) is 35.5 Å². The number of hydrogen-bond acceptors (Lipinski definition) is 7. The van der Waals surface area contributed by atoms with Gasteiger partial charge in [0.15, 0.2) is 5.96 Å². The number of amides is 3. The fourth-order valence-electron chi connectivity index (χ4n) is 4.36. The minimum absolute atomic E-state index is 0.0895. The summed E-state index contributed by atoms with van der Waals surface area (Å²) in [4.78, 5) is 58.8. The molecule has 1 aromatic heterocycles. The Morgan fingerprint density at radius 3 is 2.36 bits per heavy atom. The van der Waals surface area contributed by atoms with Gasteiger partial charge in [0.1, 0.15) is 18.1 Å². The molecule has 11 N–H and O–H groups in total. The molecule has 0 aliphatic carbocycles. The van der Waals surface area contributed by atoms with Crippen LogP contribution in [-0.4, -0.2) is 82.5 Å². The Hall–Kier alpha value is -3.78. The Kier molecular flexibility index (Phi) is 14.1. The number of nitrogens with one attached hydrogen (secondary N) is 4. The molecular weight excluding hydrogens is 560 g/mol. The molecule has 232 valence electrons. The van der Waals surface area contributed by atoms with Gasteiger partial charge in [0, 0.05) is 30.1 Å². The van der Waals surface area contributed by atoms with Crippen LogP contribution in [0.5, 0.6) is 0 Å². The van der Waals surface area contributed by atoms with Gasteiger partial charge in [-0.15, -0.1) is 0 Å². The summed E-state index contributed by atoms with van der Waals surface area (Å²) in [6.07, 6.45) is 5.22. The molecule has 14 heteroatoms. The highest BCUT2D eigenvalue weighted by molar-refractivity contribution is 7.98. The number of benzene rings is 1. The van der Waals surface area contributed by atoms with Gasteiger partial charge in [0.25, 0.3) is 0 Å². The largest absolute Gasteiger partial charge is 0.480 e. The van der Waals surface area contributed by atoms with E-state index in [2.05, 4.69) is 25.9 Å². The monoisotopic (exact) mass is 604 g/mol. The van der Waals surface area contributed by atoms with Crippen molar-refractivity contribution in [1.82, 2.24) is 20.9 Å². The van der Waals surface area contributed by atoms with Gasteiger partial charge in [0.2, 0.25) is 17.7 Å². The van der Waals surface area contributed by atoms with Gasteiger partial charge in [0.05, 0.1) is 6.04 Å². The third-order valence-electron chi connectivity index (χ3n) is 7.05. The number of nitrogens with zero attached hydrogens (tertiary/aromatic N) is 1. The number of carboxylic acids is 1. The molecule has 0 radical (unpaired) electrons. The van der Waals surface area contributed by atoms with E-state index in [9.17, 15) is 24.3 Å². The summed E-state index contributed by atoms with van der Waals surface area (Å²) in [5.41, 5.74) is 18.4. The van der Waals surface area contributed by atoms with E-state index in [1.165, 1.54) is 0 Å². The lowest BCUT2D eigenvalue weighted by molar-refractivity contribution is -0.142. The number of guanidine groups is 1. The van der Waals surface area contributed by atoms with Crippen molar-refractivity contribution in [2.24, 2.45) is 28.1 Å². The molecule has 42 heavy (non-hydrogen) atoms. The summed E-state index contributed by atoms with van der Waals surface area (Å²) in [6.45, 7) is 3.85. The van der Waals surface area contributed by atoms with E-state index < -0.39 is 47.9 Å². The molecule has 3 amide bonds. The number of hydrogen-bond donors (Lipinski definition) is 8. The van der Waals surface area contributed by atoms with Crippen molar-refractivity contribution in [1.29, 1.82) is 0 Å². The number of aromatic nitrogens is 1. The molecular formula is C28H44N8O5S. The van der Waals surface area contributed by atoms with Gasteiger partial charge >= 0.3 is 5.97 Å². The van der Waals surface area contributed by atoms with Crippen molar-refractivity contribution in [3.05, 3.63) is 36.0 Å². The Labute approximate surface area is 250 Å². The average molecular weight is 605 g/mol. The highest BCUT2D eigenvalue weighted by atomic mass is 32.2. The van der Waals surface area contributed by atoms with Crippen LogP contribution in [0.3, 0.4) is 0 Å². The first-order chi connectivity index (χ1) is 20.0. The molecule has 0 fully saturated rings. The molecule has 0 saturated carbocycles. The molecule has 0 saturated heterocycles. The van der Waals surface area contributed by atoms with Crippen LogP contribution in [0, 0.1) is 5.92 Å². The fraction of sp³-hybridized carbons (Fsp3) is 0.536. The van der Waals surface area contributed by atoms with Gasteiger partial charge in [-0.2, -0.15) is 11.8 Å². The van der Waals surface area contributed by atoms with Crippen molar-refractivity contribution < 1.29 is 24.3 Å². The predicted molar refractivity (Wildman–Crippen MR) is 166 cm³/mol. The van der Waals surface area contributed by atoms with Gasteiger partial charge < -0.3 is 43.2 Å². The van der Waals surface area contributed by atoms with Gasteiger partial charge in [-0.05, 0) is 48.8 Å². The minimum Gasteiger partial charge on any atom is -0.480 e. The second kappa shape index (κ2) is 17.2. The summed E-state index contributed by atoms with van der Waals surface area (Å²) >= 11 is 1.56. The SMILES string of the molecule is CCC(C)C(NC(=O)C(Cc1c[nH]c2ccccc12)NC(=O)C(N)CCSC)C(=O)NC(CCCN=C(N)N)C(=O)O. The molecule has 0 bridgehead atoms. The van der Waals surface area contributed by atoms with Gasteiger partial charge in [-0.1, -0.05) is 38.5 Å². The summed E-state index contributed by atoms with van der Waals surface area (Å²) in [7, 11) is 0. The number of carbonyl (C=O) groups is 4. The molecule has 1 heterocycles. The van der Waals surface area contributed by atoms with E-state index in [0.29, 0.717) is 25.0 Å². The molecule has 1 aromatic carbocycles. The minimum atomic E-state index is -1.22. The van der Waals surface area contributed by atoms with Crippen molar-refractivity contribution in [3.8, 4) is 0 Å². The molecule has 13 nitrogen and oxygen atoms in total.